The zero-order valence-corrected chi connectivity index (χ0v) is 7.50. The van der Waals surface area contributed by atoms with Gasteiger partial charge in [-0.15, -0.1) is 0 Å². The molecule has 1 amide bonds. The smallest absolute Gasteiger partial charge is 0.245 e. The summed E-state index contributed by atoms with van der Waals surface area (Å²) in [5.41, 5.74) is 8.69. The maximum absolute atomic E-state index is 11.2. The number of hydrogen-bond acceptors (Lipinski definition) is 2. The van der Waals surface area contributed by atoms with Crippen LogP contribution >= 0.6 is 0 Å². The Bertz CT molecular complexity index is 360. The maximum atomic E-state index is 11.2. The van der Waals surface area contributed by atoms with Crippen molar-refractivity contribution in [1.29, 1.82) is 0 Å². The van der Waals surface area contributed by atoms with Crippen molar-refractivity contribution >= 4 is 11.6 Å². The van der Waals surface area contributed by atoms with Crippen molar-refractivity contribution in [2.75, 3.05) is 5.32 Å². The van der Waals surface area contributed by atoms with Gasteiger partial charge in [0.05, 0.1) is 0 Å². The van der Waals surface area contributed by atoms with Gasteiger partial charge in [-0.2, -0.15) is 0 Å². The van der Waals surface area contributed by atoms with Crippen LogP contribution < -0.4 is 11.1 Å². The molecule has 3 N–H and O–H groups in total. The second-order valence-corrected chi connectivity index (χ2v) is 3.24. The van der Waals surface area contributed by atoms with E-state index in [9.17, 15) is 4.79 Å². The lowest BCUT2D eigenvalue weighted by molar-refractivity contribution is -0.116. The number of nitrogens with two attached hydrogens (primary N) is 1. The predicted octanol–water partition coefficient (Wildman–Crippen LogP) is 1.20. The van der Waals surface area contributed by atoms with E-state index >= 15 is 0 Å². The molecule has 0 saturated heterocycles. The largest absolute Gasteiger partial charge is 0.324 e. The average Bonchev–Trinajstić information content (AvgIpc) is 2.43. The number of nitrogens with one attached hydrogen (secondary N) is 1. The first-order chi connectivity index (χ1) is 6.22. The molecule has 0 fully saturated rings. The molecule has 68 valence electrons. The Hall–Kier alpha value is -1.35. The molecule has 1 atom stereocenters. The van der Waals surface area contributed by atoms with Gasteiger partial charge in [0, 0.05) is 11.3 Å². The minimum Gasteiger partial charge on any atom is -0.324 e. The van der Waals surface area contributed by atoms with Crippen molar-refractivity contribution in [2.24, 2.45) is 5.73 Å². The van der Waals surface area contributed by atoms with E-state index in [4.69, 9.17) is 5.73 Å². The molecule has 0 radical (unpaired) electrons. The zero-order chi connectivity index (χ0) is 9.42. The molecule has 1 heterocycles. The number of aryl methyl sites for hydroxylation is 1. The van der Waals surface area contributed by atoms with Crippen molar-refractivity contribution < 1.29 is 4.79 Å². The molecule has 13 heavy (non-hydrogen) atoms. The molecule has 3 heteroatoms. The predicted molar refractivity (Wildman–Crippen MR) is 51.4 cm³/mol. The van der Waals surface area contributed by atoms with Crippen LogP contribution in [0.2, 0.25) is 0 Å². The zero-order valence-electron chi connectivity index (χ0n) is 7.50. The van der Waals surface area contributed by atoms with E-state index in [2.05, 4.69) is 12.2 Å². The van der Waals surface area contributed by atoms with Gasteiger partial charge in [-0.05, 0) is 18.1 Å². The Morgan fingerprint density at radius 1 is 1.54 bits per heavy atom. The van der Waals surface area contributed by atoms with Crippen molar-refractivity contribution in [3.8, 4) is 0 Å². The lowest BCUT2D eigenvalue weighted by Gasteiger charge is -2.03. The number of amides is 1. The third kappa shape index (κ3) is 1.21. The summed E-state index contributed by atoms with van der Waals surface area (Å²) >= 11 is 0. The molecule has 3 nitrogen and oxygen atoms in total. The van der Waals surface area contributed by atoms with Crippen LogP contribution in [0.5, 0.6) is 0 Å². The SMILES string of the molecule is CCc1ccc2c(c1)C(N)C(=O)N2. The topological polar surface area (TPSA) is 55.1 Å². The van der Waals surface area contributed by atoms with E-state index in [1.54, 1.807) is 0 Å². The Morgan fingerprint density at radius 2 is 2.31 bits per heavy atom. The Balaban J connectivity index is 2.47. The van der Waals surface area contributed by atoms with Crippen molar-refractivity contribution in [3.63, 3.8) is 0 Å². The average molecular weight is 176 g/mol. The van der Waals surface area contributed by atoms with Crippen LogP contribution in [0, 0.1) is 0 Å². The molecule has 1 aromatic rings. The maximum Gasteiger partial charge on any atom is 0.245 e. The van der Waals surface area contributed by atoms with E-state index < -0.39 is 6.04 Å². The number of anilines is 1. The van der Waals surface area contributed by atoms with Gasteiger partial charge in [0.25, 0.3) is 0 Å². The minimum absolute atomic E-state index is 0.108. The lowest BCUT2D eigenvalue weighted by atomic mass is 10.0. The fraction of sp³-hybridized carbons (Fsp3) is 0.300. The van der Waals surface area contributed by atoms with Crippen LogP contribution in [0.1, 0.15) is 24.1 Å². The first-order valence-electron chi connectivity index (χ1n) is 4.41. The molecule has 0 aromatic heterocycles. The molecule has 0 aliphatic carbocycles. The number of benzene rings is 1. The highest BCUT2D eigenvalue weighted by atomic mass is 16.2. The van der Waals surface area contributed by atoms with E-state index in [1.807, 2.05) is 18.2 Å². The highest BCUT2D eigenvalue weighted by Crippen LogP contribution is 2.29. The van der Waals surface area contributed by atoms with Gasteiger partial charge < -0.3 is 11.1 Å². The van der Waals surface area contributed by atoms with Crippen molar-refractivity contribution in [2.45, 2.75) is 19.4 Å². The third-order valence-electron chi connectivity index (χ3n) is 2.40. The van der Waals surface area contributed by atoms with E-state index in [0.717, 1.165) is 17.7 Å². The molecular weight excluding hydrogens is 164 g/mol. The summed E-state index contributed by atoms with van der Waals surface area (Å²) in [5, 5.41) is 2.73. The molecule has 1 aromatic carbocycles. The third-order valence-corrected chi connectivity index (χ3v) is 2.40. The van der Waals surface area contributed by atoms with Gasteiger partial charge in [0.15, 0.2) is 0 Å². The van der Waals surface area contributed by atoms with Gasteiger partial charge in [-0.3, -0.25) is 4.79 Å². The van der Waals surface area contributed by atoms with Crippen LogP contribution in [-0.2, 0) is 11.2 Å². The summed E-state index contributed by atoms with van der Waals surface area (Å²) in [4.78, 5) is 11.2. The molecule has 0 saturated carbocycles. The second kappa shape index (κ2) is 2.85. The summed E-state index contributed by atoms with van der Waals surface area (Å²) in [5.74, 6) is -0.108. The van der Waals surface area contributed by atoms with Gasteiger partial charge in [-0.25, -0.2) is 0 Å². The Morgan fingerprint density at radius 3 is 3.00 bits per heavy atom. The van der Waals surface area contributed by atoms with Gasteiger partial charge in [0.2, 0.25) is 5.91 Å². The quantitative estimate of drug-likeness (QED) is 0.675. The van der Waals surface area contributed by atoms with Crippen molar-refractivity contribution in [1.82, 2.24) is 0 Å². The molecular formula is C10H12N2O. The van der Waals surface area contributed by atoms with Gasteiger partial charge in [-0.1, -0.05) is 19.1 Å². The summed E-state index contributed by atoms with van der Waals surface area (Å²) in [7, 11) is 0. The van der Waals surface area contributed by atoms with Gasteiger partial charge in [0.1, 0.15) is 6.04 Å². The monoisotopic (exact) mass is 176 g/mol. The fourth-order valence-corrected chi connectivity index (χ4v) is 1.55. The number of carbonyl (C=O) groups is 1. The van der Waals surface area contributed by atoms with Crippen LogP contribution in [-0.4, -0.2) is 5.91 Å². The van der Waals surface area contributed by atoms with E-state index in [1.165, 1.54) is 5.56 Å². The molecule has 0 spiro atoms. The molecule has 2 rings (SSSR count). The second-order valence-electron chi connectivity index (χ2n) is 3.24. The molecule has 1 aliphatic rings. The highest BCUT2D eigenvalue weighted by Gasteiger charge is 2.26. The molecule has 1 unspecified atom stereocenters. The van der Waals surface area contributed by atoms with Gasteiger partial charge >= 0.3 is 0 Å². The van der Waals surface area contributed by atoms with Crippen LogP contribution in [0.15, 0.2) is 18.2 Å². The first-order valence-corrected chi connectivity index (χ1v) is 4.41. The first kappa shape index (κ1) is 8.26. The summed E-state index contributed by atoms with van der Waals surface area (Å²) in [6.07, 6.45) is 0.966. The number of rotatable bonds is 1. The number of fused-ring (bicyclic) bond motifs is 1. The lowest BCUT2D eigenvalue weighted by Crippen LogP contribution is -2.19. The van der Waals surface area contributed by atoms with Crippen molar-refractivity contribution in [3.05, 3.63) is 29.3 Å². The standard InChI is InChI=1S/C10H12N2O/c1-2-6-3-4-8-7(5-6)9(11)10(13)12-8/h3-5,9H,2,11H2,1H3,(H,12,13). The summed E-state index contributed by atoms with van der Waals surface area (Å²) in [6, 6.07) is 5.44. The number of hydrogen-bond donors (Lipinski definition) is 2. The Labute approximate surface area is 76.9 Å². The fourth-order valence-electron chi connectivity index (χ4n) is 1.55. The highest BCUT2D eigenvalue weighted by molar-refractivity contribution is 6.02. The minimum atomic E-state index is -0.485. The molecule has 1 aliphatic heterocycles. The normalized spacial score (nSPS) is 19.8. The van der Waals surface area contributed by atoms with E-state index in [0.29, 0.717) is 0 Å². The van der Waals surface area contributed by atoms with Crippen LogP contribution in [0.3, 0.4) is 0 Å². The Kier molecular flexibility index (Phi) is 1.81. The number of carbonyl (C=O) groups excluding carboxylic acids is 1. The van der Waals surface area contributed by atoms with Crippen LogP contribution in [0.4, 0.5) is 5.69 Å². The van der Waals surface area contributed by atoms with Crippen LogP contribution in [0.25, 0.3) is 0 Å². The van der Waals surface area contributed by atoms with E-state index in [-0.39, 0.29) is 5.91 Å². The summed E-state index contributed by atoms with van der Waals surface area (Å²) in [6.45, 7) is 2.08. The molecule has 0 bridgehead atoms. The summed E-state index contributed by atoms with van der Waals surface area (Å²) < 4.78 is 0.